The summed E-state index contributed by atoms with van der Waals surface area (Å²) in [6.07, 6.45) is 6.66. The summed E-state index contributed by atoms with van der Waals surface area (Å²) in [6.45, 7) is 8.63. The van der Waals surface area contributed by atoms with E-state index in [9.17, 15) is 9.90 Å². The normalized spacial score (nSPS) is 13.2. The predicted molar refractivity (Wildman–Crippen MR) is 65.1 cm³/mol. The van der Waals surface area contributed by atoms with E-state index in [-0.39, 0.29) is 6.10 Å². The number of carbonyl (C=O) groups excluding carboxylic acids is 1. The number of hydrogen-bond donors (Lipinski definition) is 1. The van der Waals surface area contributed by atoms with E-state index >= 15 is 0 Å². The zero-order valence-corrected chi connectivity index (χ0v) is 10.7. The van der Waals surface area contributed by atoms with Gasteiger partial charge in [-0.15, -0.1) is 0 Å². The molecule has 94 valence electrons. The zero-order valence-electron chi connectivity index (χ0n) is 10.7. The van der Waals surface area contributed by atoms with Crippen molar-refractivity contribution in [2.75, 3.05) is 0 Å². The monoisotopic (exact) mass is 228 g/mol. The lowest BCUT2D eigenvalue weighted by atomic mass is 10.1. The number of ether oxygens (including phenoxy) is 1. The van der Waals surface area contributed by atoms with Crippen LogP contribution in [0.2, 0.25) is 0 Å². The van der Waals surface area contributed by atoms with Crippen LogP contribution in [-0.2, 0) is 9.53 Å². The molecule has 0 aliphatic carbocycles. The third kappa shape index (κ3) is 6.62. The van der Waals surface area contributed by atoms with Crippen LogP contribution in [-0.4, -0.2) is 22.8 Å². The third-order valence-electron chi connectivity index (χ3n) is 2.36. The molecule has 0 aliphatic rings. The van der Waals surface area contributed by atoms with Gasteiger partial charge in [0.05, 0.1) is 0 Å². The maximum atomic E-state index is 11.4. The van der Waals surface area contributed by atoms with Gasteiger partial charge in [0.2, 0.25) is 0 Å². The molecule has 0 fully saturated rings. The summed E-state index contributed by atoms with van der Waals surface area (Å²) in [5, 5.41) is 9.43. The van der Waals surface area contributed by atoms with Gasteiger partial charge in [-0.3, -0.25) is 0 Å². The quantitative estimate of drug-likeness (QED) is 0.395. The van der Waals surface area contributed by atoms with Gasteiger partial charge in [-0.1, -0.05) is 38.8 Å². The fourth-order valence-corrected chi connectivity index (χ4v) is 1.28. The highest BCUT2D eigenvalue weighted by atomic mass is 16.6. The predicted octanol–water partition coefficient (Wildman–Crippen LogP) is 2.83. The van der Waals surface area contributed by atoms with Gasteiger partial charge in [-0.2, -0.15) is 0 Å². The number of esters is 1. The Bertz CT molecular complexity index is 216. The molecule has 0 aromatic carbocycles. The van der Waals surface area contributed by atoms with Gasteiger partial charge in [0, 0.05) is 0 Å². The van der Waals surface area contributed by atoms with Crippen LogP contribution in [0, 0.1) is 0 Å². The summed E-state index contributed by atoms with van der Waals surface area (Å²) in [5.74, 6) is -0.590. The molecule has 1 unspecified atom stereocenters. The lowest BCUT2D eigenvalue weighted by Crippen LogP contribution is -2.35. The smallest absolute Gasteiger partial charge is 0.338 e. The Morgan fingerprint density at radius 2 is 2.06 bits per heavy atom. The van der Waals surface area contributed by atoms with Gasteiger partial charge in [-0.05, 0) is 26.7 Å². The number of hydrogen-bond acceptors (Lipinski definition) is 3. The van der Waals surface area contributed by atoms with Gasteiger partial charge in [-0.25, -0.2) is 4.79 Å². The summed E-state index contributed by atoms with van der Waals surface area (Å²) < 4.78 is 5.14. The van der Waals surface area contributed by atoms with E-state index in [2.05, 4.69) is 13.5 Å². The first-order valence-corrected chi connectivity index (χ1v) is 5.97. The zero-order chi connectivity index (χ0) is 12.6. The molecule has 3 heteroatoms. The Morgan fingerprint density at radius 1 is 1.44 bits per heavy atom. The third-order valence-corrected chi connectivity index (χ3v) is 2.36. The summed E-state index contributed by atoms with van der Waals surface area (Å²) in [6, 6.07) is 0. The van der Waals surface area contributed by atoms with E-state index in [0.29, 0.717) is 0 Å². The molecule has 16 heavy (non-hydrogen) atoms. The first-order chi connectivity index (χ1) is 7.41. The lowest BCUT2D eigenvalue weighted by Gasteiger charge is -2.20. The molecular formula is C13H24O3. The summed E-state index contributed by atoms with van der Waals surface area (Å²) >= 11 is 0. The molecular weight excluding hydrogens is 204 g/mol. The van der Waals surface area contributed by atoms with Crippen LogP contribution in [0.5, 0.6) is 0 Å². The van der Waals surface area contributed by atoms with Crippen molar-refractivity contribution in [3.05, 3.63) is 12.7 Å². The molecule has 0 aromatic heterocycles. The molecule has 0 saturated carbocycles. The van der Waals surface area contributed by atoms with Crippen molar-refractivity contribution < 1.29 is 14.6 Å². The van der Waals surface area contributed by atoms with E-state index in [4.69, 9.17) is 4.74 Å². The molecule has 3 nitrogen and oxygen atoms in total. The van der Waals surface area contributed by atoms with Crippen LogP contribution in [0.3, 0.4) is 0 Å². The molecule has 0 bridgehead atoms. The molecule has 1 N–H and O–H groups in total. The number of rotatable bonds is 8. The van der Waals surface area contributed by atoms with Gasteiger partial charge in [0.1, 0.15) is 6.10 Å². The number of carbonyl (C=O) groups is 1. The molecule has 0 spiro atoms. The molecule has 0 amide bonds. The minimum atomic E-state index is -1.43. The van der Waals surface area contributed by atoms with E-state index in [1.807, 2.05) is 0 Å². The van der Waals surface area contributed by atoms with E-state index in [0.717, 1.165) is 19.3 Å². The summed E-state index contributed by atoms with van der Waals surface area (Å²) in [5.41, 5.74) is -1.43. The topological polar surface area (TPSA) is 46.5 Å². The van der Waals surface area contributed by atoms with Crippen molar-refractivity contribution >= 4 is 5.97 Å². The van der Waals surface area contributed by atoms with Crippen LogP contribution >= 0.6 is 0 Å². The fraction of sp³-hybridized carbons (Fsp3) is 0.769. The summed E-state index contributed by atoms with van der Waals surface area (Å²) in [4.78, 5) is 11.4. The van der Waals surface area contributed by atoms with E-state index in [1.54, 1.807) is 6.08 Å². The van der Waals surface area contributed by atoms with Gasteiger partial charge < -0.3 is 9.84 Å². The Hall–Kier alpha value is -0.830. The second kappa shape index (κ2) is 7.44. The first-order valence-electron chi connectivity index (χ1n) is 5.97. The number of unbranched alkanes of at least 4 members (excludes halogenated alkanes) is 3. The molecule has 0 rings (SSSR count). The Balaban J connectivity index is 3.92. The minimum Gasteiger partial charge on any atom is -0.456 e. The lowest BCUT2D eigenvalue weighted by molar-refractivity contribution is -0.165. The largest absolute Gasteiger partial charge is 0.456 e. The number of aliphatic hydroxyl groups is 1. The van der Waals surface area contributed by atoms with Crippen molar-refractivity contribution in [3.8, 4) is 0 Å². The second-order valence-corrected chi connectivity index (χ2v) is 4.59. The molecule has 0 aliphatic heterocycles. The highest BCUT2D eigenvalue weighted by molar-refractivity contribution is 5.78. The van der Waals surface area contributed by atoms with Crippen LogP contribution in [0.1, 0.15) is 52.9 Å². The SMILES string of the molecule is C=CC(CCCCCC)OC(=O)C(C)(C)O. The Labute approximate surface area is 98.5 Å². The minimum absolute atomic E-state index is 0.282. The van der Waals surface area contributed by atoms with Crippen LogP contribution in [0.4, 0.5) is 0 Å². The Kier molecular flexibility index (Phi) is 7.06. The highest BCUT2D eigenvalue weighted by Crippen LogP contribution is 2.12. The van der Waals surface area contributed by atoms with Crippen molar-refractivity contribution in [1.82, 2.24) is 0 Å². The molecule has 0 heterocycles. The molecule has 0 saturated heterocycles. The van der Waals surface area contributed by atoms with Crippen molar-refractivity contribution in [2.45, 2.75) is 64.6 Å². The second-order valence-electron chi connectivity index (χ2n) is 4.59. The van der Waals surface area contributed by atoms with E-state index < -0.39 is 11.6 Å². The molecule has 1 atom stereocenters. The first kappa shape index (κ1) is 15.2. The average Bonchev–Trinajstić information content (AvgIpc) is 2.20. The molecule has 0 aromatic rings. The van der Waals surface area contributed by atoms with Crippen molar-refractivity contribution in [3.63, 3.8) is 0 Å². The standard InChI is InChI=1S/C13H24O3/c1-5-7-8-9-10-11(6-2)16-12(14)13(3,4)15/h6,11,15H,2,5,7-10H2,1,3-4H3. The van der Waals surface area contributed by atoms with Crippen LogP contribution < -0.4 is 0 Å². The maximum absolute atomic E-state index is 11.4. The Morgan fingerprint density at radius 3 is 2.50 bits per heavy atom. The van der Waals surface area contributed by atoms with Gasteiger partial charge >= 0.3 is 5.97 Å². The van der Waals surface area contributed by atoms with Gasteiger partial charge in [0.25, 0.3) is 0 Å². The van der Waals surface area contributed by atoms with Crippen LogP contribution in [0.25, 0.3) is 0 Å². The fourth-order valence-electron chi connectivity index (χ4n) is 1.28. The summed E-state index contributed by atoms with van der Waals surface area (Å²) in [7, 11) is 0. The van der Waals surface area contributed by atoms with Gasteiger partial charge in [0.15, 0.2) is 5.60 Å². The maximum Gasteiger partial charge on any atom is 0.338 e. The molecule has 0 radical (unpaired) electrons. The van der Waals surface area contributed by atoms with Crippen LogP contribution in [0.15, 0.2) is 12.7 Å². The van der Waals surface area contributed by atoms with Crippen molar-refractivity contribution in [2.24, 2.45) is 0 Å². The van der Waals surface area contributed by atoms with Crippen molar-refractivity contribution in [1.29, 1.82) is 0 Å². The van der Waals surface area contributed by atoms with E-state index in [1.165, 1.54) is 26.7 Å². The average molecular weight is 228 g/mol. The highest BCUT2D eigenvalue weighted by Gasteiger charge is 2.27.